The van der Waals surface area contributed by atoms with Crippen LogP contribution in [0.2, 0.25) is 0 Å². The molecule has 0 spiro atoms. The number of rotatable bonds is 2. The van der Waals surface area contributed by atoms with E-state index in [0.29, 0.717) is 23.1 Å². The van der Waals surface area contributed by atoms with Crippen LogP contribution in [0.25, 0.3) is 0 Å². The van der Waals surface area contributed by atoms with E-state index in [4.69, 9.17) is 0 Å². The van der Waals surface area contributed by atoms with E-state index in [1.165, 1.54) is 12.1 Å². The molecule has 5 heteroatoms. The van der Waals surface area contributed by atoms with Crippen molar-refractivity contribution < 1.29 is 19.1 Å². The van der Waals surface area contributed by atoms with Crippen LogP contribution in [0.4, 0.5) is 4.39 Å². The normalized spacial score (nSPS) is 26.9. The van der Waals surface area contributed by atoms with Crippen molar-refractivity contribution in [2.45, 2.75) is 58.0 Å². The molecule has 1 N–H and O–H groups in total. The maximum absolute atomic E-state index is 13.8. The minimum atomic E-state index is -0.941. The zero-order valence-corrected chi connectivity index (χ0v) is 13.5. The number of hydrogen-bond donors (Lipinski definition) is 1. The van der Waals surface area contributed by atoms with Crippen LogP contribution in [0.5, 0.6) is 0 Å². The smallest absolute Gasteiger partial charge is 0.326 e. The monoisotopic (exact) mass is 319 g/mol. The summed E-state index contributed by atoms with van der Waals surface area (Å²) in [4.78, 5) is 26.2. The molecule has 1 saturated heterocycles. The molecule has 1 amide bonds. The van der Waals surface area contributed by atoms with Gasteiger partial charge in [-0.3, -0.25) is 4.79 Å². The Morgan fingerprint density at radius 2 is 1.78 bits per heavy atom. The second kappa shape index (κ2) is 5.95. The number of aryl methyl sites for hydroxylation is 2. The van der Waals surface area contributed by atoms with Crippen LogP contribution in [-0.2, 0) is 4.79 Å². The number of benzene rings is 1. The van der Waals surface area contributed by atoms with Crippen LogP contribution in [-0.4, -0.2) is 34.0 Å². The number of carbonyl (C=O) groups excluding carboxylic acids is 1. The first kappa shape index (κ1) is 16.0. The Labute approximate surface area is 135 Å². The molecular weight excluding hydrogens is 297 g/mol. The number of fused-ring (bicyclic) bond motifs is 1. The Bertz CT molecular complexity index is 635. The summed E-state index contributed by atoms with van der Waals surface area (Å²) in [5, 5.41) is 9.53. The molecule has 1 aromatic rings. The maximum Gasteiger partial charge on any atom is 0.326 e. The van der Waals surface area contributed by atoms with Gasteiger partial charge in [-0.05, 0) is 62.3 Å². The molecule has 2 aliphatic rings. The summed E-state index contributed by atoms with van der Waals surface area (Å²) in [5.74, 6) is -1.26. The van der Waals surface area contributed by atoms with Crippen LogP contribution in [0.1, 0.15) is 53.6 Å². The Morgan fingerprint density at radius 3 is 2.39 bits per heavy atom. The number of nitrogens with zero attached hydrogens (tertiary/aromatic N) is 1. The molecule has 2 fully saturated rings. The molecule has 1 aliphatic carbocycles. The number of carboxylic acids is 1. The van der Waals surface area contributed by atoms with E-state index in [-0.39, 0.29) is 23.7 Å². The molecule has 124 valence electrons. The van der Waals surface area contributed by atoms with Crippen molar-refractivity contribution in [3.05, 3.63) is 34.6 Å². The summed E-state index contributed by atoms with van der Waals surface area (Å²) in [6, 6.07) is 2.30. The minimum absolute atomic E-state index is 0.00279. The minimum Gasteiger partial charge on any atom is -0.480 e. The van der Waals surface area contributed by atoms with E-state index in [9.17, 15) is 19.1 Å². The second-order valence-electron chi connectivity index (χ2n) is 6.84. The molecule has 0 aromatic heterocycles. The van der Waals surface area contributed by atoms with Gasteiger partial charge in [0.15, 0.2) is 0 Å². The number of halogens is 1. The lowest BCUT2D eigenvalue weighted by molar-refractivity contribution is -0.141. The number of carboxylic acid groups (broad SMARTS) is 1. The highest BCUT2D eigenvalue weighted by molar-refractivity contribution is 5.97. The quantitative estimate of drug-likeness (QED) is 0.910. The van der Waals surface area contributed by atoms with Crippen molar-refractivity contribution in [3.8, 4) is 0 Å². The first-order valence-electron chi connectivity index (χ1n) is 8.22. The van der Waals surface area contributed by atoms with Gasteiger partial charge >= 0.3 is 5.97 Å². The predicted molar refractivity (Wildman–Crippen MR) is 83.8 cm³/mol. The number of aliphatic carboxylic acids is 1. The number of hydrogen-bond acceptors (Lipinski definition) is 2. The predicted octanol–water partition coefficient (Wildman–Crippen LogP) is 3.30. The van der Waals surface area contributed by atoms with Crippen molar-refractivity contribution in [2.75, 3.05) is 0 Å². The summed E-state index contributed by atoms with van der Waals surface area (Å²) in [6.07, 6.45) is 4.51. The van der Waals surface area contributed by atoms with Crippen molar-refractivity contribution in [1.82, 2.24) is 4.90 Å². The van der Waals surface area contributed by atoms with Gasteiger partial charge < -0.3 is 10.0 Å². The van der Waals surface area contributed by atoms with E-state index in [2.05, 4.69) is 0 Å². The third kappa shape index (κ3) is 2.73. The summed E-state index contributed by atoms with van der Waals surface area (Å²) < 4.78 is 13.8. The molecule has 3 atom stereocenters. The molecule has 1 heterocycles. The van der Waals surface area contributed by atoms with Crippen LogP contribution >= 0.6 is 0 Å². The summed E-state index contributed by atoms with van der Waals surface area (Å²) in [6.45, 7) is 3.25. The van der Waals surface area contributed by atoms with Gasteiger partial charge in [0.05, 0.1) is 0 Å². The molecule has 23 heavy (non-hydrogen) atoms. The lowest BCUT2D eigenvalue weighted by Gasteiger charge is -2.33. The van der Waals surface area contributed by atoms with Gasteiger partial charge in [0, 0.05) is 11.6 Å². The van der Waals surface area contributed by atoms with Crippen molar-refractivity contribution in [3.63, 3.8) is 0 Å². The lowest BCUT2D eigenvalue weighted by Crippen LogP contribution is -2.46. The first-order valence-corrected chi connectivity index (χ1v) is 8.22. The van der Waals surface area contributed by atoms with Gasteiger partial charge in [0.2, 0.25) is 0 Å². The second-order valence-corrected chi connectivity index (χ2v) is 6.84. The Balaban J connectivity index is 1.97. The van der Waals surface area contributed by atoms with E-state index in [0.717, 1.165) is 25.7 Å². The van der Waals surface area contributed by atoms with Gasteiger partial charge in [-0.2, -0.15) is 0 Å². The first-order chi connectivity index (χ1) is 10.9. The van der Waals surface area contributed by atoms with E-state index in [1.807, 2.05) is 0 Å². The molecule has 1 aromatic carbocycles. The fourth-order valence-corrected chi connectivity index (χ4v) is 4.19. The van der Waals surface area contributed by atoms with Crippen molar-refractivity contribution in [1.29, 1.82) is 0 Å². The largest absolute Gasteiger partial charge is 0.480 e. The SMILES string of the molecule is Cc1cc(C(=O)N2C(C(=O)O)CC3CCCCC32)cc(C)c1F. The molecule has 1 aliphatic heterocycles. The third-order valence-corrected chi connectivity index (χ3v) is 5.29. The lowest BCUT2D eigenvalue weighted by atomic mass is 9.84. The highest BCUT2D eigenvalue weighted by Gasteiger charge is 2.47. The molecule has 0 bridgehead atoms. The van der Waals surface area contributed by atoms with Crippen LogP contribution in [0, 0.1) is 25.6 Å². The summed E-state index contributed by atoms with van der Waals surface area (Å²) in [5.41, 5.74) is 1.22. The van der Waals surface area contributed by atoms with Crippen LogP contribution < -0.4 is 0 Å². The van der Waals surface area contributed by atoms with Gasteiger partial charge in [0.25, 0.3) is 5.91 Å². The molecule has 1 saturated carbocycles. The van der Waals surface area contributed by atoms with Crippen molar-refractivity contribution >= 4 is 11.9 Å². The van der Waals surface area contributed by atoms with Crippen LogP contribution in [0.3, 0.4) is 0 Å². The summed E-state index contributed by atoms with van der Waals surface area (Å²) in [7, 11) is 0. The molecule has 3 rings (SSSR count). The summed E-state index contributed by atoms with van der Waals surface area (Å²) >= 11 is 0. The molecule has 4 nitrogen and oxygen atoms in total. The topological polar surface area (TPSA) is 57.6 Å². The third-order valence-electron chi connectivity index (χ3n) is 5.29. The van der Waals surface area contributed by atoms with Gasteiger partial charge in [-0.25, -0.2) is 9.18 Å². The van der Waals surface area contributed by atoms with Crippen molar-refractivity contribution in [2.24, 2.45) is 5.92 Å². The average molecular weight is 319 g/mol. The van der Waals surface area contributed by atoms with Gasteiger partial charge in [-0.1, -0.05) is 12.8 Å². The van der Waals surface area contributed by atoms with E-state index in [1.54, 1.807) is 18.7 Å². The zero-order valence-electron chi connectivity index (χ0n) is 13.5. The average Bonchev–Trinajstić information content (AvgIpc) is 2.91. The van der Waals surface area contributed by atoms with Gasteiger partial charge in [-0.15, -0.1) is 0 Å². The number of likely N-dealkylation sites (tertiary alicyclic amines) is 1. The number of amides is 1. The molecule has 3 unspecified atom stereocenters. The molecule has 0 radical (unpaired) electrons. The van der Waals surface area contributed by atoms with Crippen LogP contribution in [0.15, 0.2) is 12.1 Å². The fourth-order valence-electron chi connectivity index (χ4n) is 4.19. The van der Waals surface area contributed by atoms with E-state index >= 15 is 0 Å². The number of carbonyl (C=O) groups is 2. The Hall–Kier alpha value is -1.91. The Morgan fingerprint density at radius 1 is 1.17 bits per heavy atom. The Kier molecular flexibility index (Phi) is 4.13. The fraction of sp³-hybridized carbons (Fsp3) is 0.556. The van der Waals surface area contributed by atoms with E-state index < -0.39 is 12.0 Å². The maximum atomic E-state index is 13.8. The highest BCUT2D eigenvalue weighted by atomic mass is 19.1. The van der Waals surface area contributed by atoms with Gasteiger partial charge in [0.1, 0.15) is 11.9 Å². The molecular formula is C18H22FNO3. The zero-order chi connectivity index (χ0) is 16.7. The highest BCUT2D eigenvalue weighted by Crippen LogP contribution is 2.40. The standard InChI is InChI=1S/C18H22FNO3/c1-10-7-13(8-11(2)16(10)19)17(21)20-14-6-4-3-5-12(14)9-15(20)18(22)23/h7-8,12,14-15H,3-6,9H2,1-2H3,(H,22,23).